The van der Waals surface area contributed by atoms with Gasteiger partial charge in [0.1, 0.15) is 5.75 Å². The predicted octanol–water partition coefficient (Wildman–Crippen LogP) is 11.0. The molecule has 0 aliphatic rings. The van der Waals surface area contributed by atoms with E-state index in [1.165, 1.54) is 70.6 Å². The first-order valence-corrected chi connectivity index (χ1v) is 15.6. The Bertz CT molecular complexity index is 873. The van der Waals surface area contributed by atoms with E-state index in [2.05, 4.69) is 33.8 Å². The van der Waals surface area contributed by atoms with Gasteiger partial charge in [0.2, 0.25) is 0 Å². The molecule has 0 aliphatic carbocycles. The lowest BCUT2D eigenvalue weighted by Crippen LogP contribution is -2.12. The van der Waals surface area contributed by atoms with Crippen molar-refractivity contribution in [3.63, 3.8) is 0 Å². The van der Waals surface area contributed by atoms with Crippen molar-refractivity contribution >= 4 is 5.97 Å². The van der Waals surface area contributed by atoms with E-state index in [1.807, 2.05) is 42.5 Å². The van der Waals surface area contributed by atoms with Crippen LogP contribution in [0.3, 0.4) is 0 Å². The summed E-state index contributed by atoms with van der Waals surface area (Å²) < 4.78 is 12.0. The van der Waals surface area contributed by atoms with Crippen molar-refractivity contribution in [1.82, 2.24) is 0 Å². The van der Waals surface area contributed by atoms with Gasteiger partial charge in [-0.25, -0.2) is 4.79 Å². The molecule has 2 aromatic rings. The topological polar surface area (TPSA) is 35.5 Å². The van der Waals surface area contributed by atoms with E-state index in [-0.39, 0.29) is 12.1 Å². The van der Waals surface area contributed by atoms with Gasteiger partial charge in [0.05, 0.1) is 11.7 Å². The highest BCUT2D eigenvalue weighted by molar-refractivity contribution is 5.91. The number of hydrogen-bond acceptors (Lipinski definition) is 3. The van der Waals surface area contributed by atoms with Crippen molar-refractivity contribution in [2.24, 2.45) is 0 Å². The van der Waals surface area contributed by atoms with Gasteiger partial charge in [-0.2, -0.15) is 0 Å². The van der Waals surface area contributed by atoms with E-state index in [0.29, 0.717) is 17.2 Å². The lowest BCUT2D eigenvalue weighted by Gasteiger charge is -2.19. The summed E-state index contributed by atoms with van der Waals surface area (Å²) in [7, 11) is 0. The van der Waals surface area contributed by atoms with Gasteiger partial charge in [-0.1, -0.05) is 128 Å². The second-order valence-corrected chi connectivity index (χ2v) is 10.9. The molecule has 0 bridgehead atoms. The highest BCUT2D eigenvalue weighted by Crippen LogP contribution is 2.34. The summed E-state index contributed by atoms with van der Waals surface area (Å²) in [6, 6.07) is 15.8. The van der Waals surface area contributed by atoms with E-state index in [4.69, 9.17) is 9.47 Å². The van der Waals surface area contributed by atoms with Gasteiger partial charge in [-0.15, -0.1) is 0 Å². The van der Waals surface area contributed by atoms with Crippen molar-refractivity contribution in [3.05, 3.63) is 65.2 Å². The van der Waals surface area contributed by atoms with Crippen molar-refractivity contribution in [2.45, 2.75) is 136 Å². The fourth-order valence-corrected chi connectivity index (χ4v) is 5.16. The molecule has 38 heavy (non-hydrogen) atoms. The van der Waals surface area contributed by atoms with Crippen LogP contribution in [0, 0.1) is 0 Å². The summed E-state index contributed by atoms with van der Waals surface area (Å²) in [4.78, 5) is 13.0. The van der Waals surface area contributed by atoms with Crippen molar-refractivity contribution in [2.75, 3.05) is 6.61 Å². The lowest BCUT2D eigenvalue weighted by atomic mass is 9.89. The fraction of sp³-hybridized carbons (Fsp3) is 0.629. The fourth-order valence-electron chi connectivity index (χ4n) is 5.16. The Morgan fingerprint density at radius 1 is 0.684 bits per heavy atom. The van der Waals surface area contributed by atoms with Gasteiger partial charge in [0.15, 0.2) is 0 Å². The summed E-state index contributed by atoms with van der Waals surface area (Å²) >= 11 is 0. The summed E-state index contributed by atoms with van der Waals surface area (Å²) in [5, 5.41) is 0. The lowest BCUT2D eigenvalue weighted by molar-refractivity contribution is 0.0625. The third-order valence-electron chi connectivity index (χ3n) is 7.59. The van der Waals surface area contributed by atoms with E-state index < -0.39 is 0 Å². The number of carbonyl (C=O) groups is 1. The number of unbranched alkanes of at least 4 members (excludes halogenated alkanes) is 10. The molecular formula is C35H54O3. The Hall–Kier alpha value is -2.13. The Morgan fingerprint density at radius 2 is 1.29 bits per heavy atom. The third kappa shape index (κ3) is 12.2. The normalized spacial score (nSPS) is 12.8. The first-order valence-electron chi connectivity index (χ1n) is 15.6. The molecule has 0 heterocycles. The van der Waals surface area contributed by atoms with Crippen molar-refractivity contribution in [3.8, 4) is 5.75 Å². The summed E-state index contributed by atoms with van der Waals surface area (Å²) in [5.41, 5.74) is 2.82. The molecule has 2 atom stereocenters. The molecule has 0 N–H and O–H groups in total. The van der Waals surface area contributed by atoms with Crippen LogP contribution in [-0.4, -0.2) is 12.6 Å². The van der Waals surface area contributed by atoms with Gasteiger partial charge in [0, 0.05) is 6.61 Å². The van der Waals surface area contributed by atoms with Gasteiger partial charge < -0.3 is 9.47 Å². The number of rotatable bonds is 21. The molecule has 0 radical (unpaired) electrons. The van der Waals surface area contributed by atoms with Crippen LogP contribution in [0.15, 0.2) is 48.5 Å². The second kappa shape index (κ2) is 19.9. The van der Waals surface area contributed by atoms with Gasteiger partial charge in [-0.05, 0) is 61.4 Å². The first kappa shape index (κ1) is 32.1. The largest absolute Gasteiger partial charge is 0.423 e. The molecule has 2 aromatic carbocycles. The average Bonchev–Trinajstić information content (AvgIpc) is 2.94. The van der Waals surface area contributed by atoms with Crippen molar-refractivity contribution in [1.29, 1.82) is 0 Å². The standard InChI is InChI=1S/C35H54O3/c1-5-8-10-11-12-13-14-15-16-19-28-37-29(4)30-24-26-32(27-25-30)35(36)38-34-23-18-17-22-33(34)31(20-7-3)21-9-6-2/h17-18,22-27,29,31H,5-16,19-21,28H2,1-4H3. The molecule has 0 amide bonds. The molecule has 0 saturated heterocycles. The smallest absolute Gasteiger partial charge is 0.343 e. The van der Waals surface area contributed by atoms with Crippen LogP contribution in [-0.2, 0) is 4.74 Å². The Balaban J connectivity index is 1.77. The molecule has 0 aliphatic heterocycles. The number of para-hydroxylation sites is 1. The summed E-state index contributed by atoms with van der Waals surface area (Å²) in [6.45, 7) is 9.59. The molecular weight excluding hydrogens is 468 g/mol. The minimum absolute atomic E-state index is 0.0210. The minimum atomic E-state index is -0.298. The van der Waals surface area contributed by atoms with Crippen LogP contribution < -0.4 is 4.74 Å². The van der Waals surface area contributed by atoms with Crippen LogP contribution in [0.1, 0.15) is 158 Å². The number of ether oxygens (including phenoxy) is 2. The number of carbonyl (C=O) groups excluding carboxylic acids is 1. The zero-order chi connectivity index (χ0) is 27.4. The molecule has 0 fully saturated rings. The minimum Gasteiger partial charge on any atom is -0.423 e. The molecule has 3 nitrogen and oxygen atoms in total. The predicted molar refractivity (Wildman–Crippen MR) is 161 cm³/mol. The SMILES string of the molecule is CCCCCCCCCCCCOC(C)c1ccc(C(=O)Oc2ccccc2C(CCC)CCCC)cc1. The van der Waals surface area contributed by atoms with Gasteiger partial charge in [-0.3, -0.25) is 0 Å². The summed E-state index contributed by atoms with van der Waals surface area (Å²) in [5.74, 6) is 0.831. The number of benzene rings is 2. The monoisotopic (exact) mass is 522 g/mol. The zero-order valence-corrected chi connectivity index (χ0v) is 24.8. The third-order valence-corrected chi connectivity index (χ3v) is 7.59. The van der Waals surface area contributed by atoms with Gasteiger partial charge in [0.25, 0.3) is 0 Å². The molecule has 212 valence electrons. The van der Waals surface area contributed by atoms with E-state index in [1.54, 1.807) is 0 Å². The first-order chi connectivity index (χ1) is 18.6. The second-order valence-electron chi connectivity index (χ2n) is 10.9. The molecule has 0 spiro atoms. The molecule has 2 rings (SSSR count). The van der Waals surface area contributed by atoms with Crippen LogP contribution in [0.25, 0.3) is 0 Å². The highest BCUT2D eigenvalue weighted by atomic mass is 16.5. The zero-order valence-electron chi connectivity index (χ0n) is 24.8. The molecule has 2 unspecified atom stereocenters. The maximum atomic E-state index is 13.0. The Morgan fingerprint density at radius 3 is 1.92 bits per heavy atom. The quantitative estimate of drug-likeness (QED) is 0.0929. The maximum Gasteiger partial charge on any atom is 0.343 e. The van der Waals surface area contributed by atoms with Gasteiger partial charge >= 0.3 is 5.97 Å². The van der Waals surface area contributed by atoms with E-state index >= 15 is 0 Å². The van der Waals surface area contributed by atoms with Crippen molar-refractivity contribution < 1.29 is 14.3 Å². The molecule has 0 saturated carbocycles. The number of hydrogen-bond donors (Lipinski definition) is 0. The van der Waals surface area contributed by atoms with Crippen LogP contribution in [0.2, 0.25) is 0 Å². The van der Waals surface area contributed by atoms with Crippen LogP contribution >= 0.6 is 0 Å². The highest BCUT2D eigenvalue weighted by Gasteiger charge is 2.18. The Kier molecular flexibility index (Phi) is 16.8. The summed E-state index contributed by atoms with van der Waals surface area (Å²) in [6.07, 6.45) is 19.0. The van der Waals surface area contributed by atoms with Crippen LogP contribution in [0.5, 0.6) is 5.75 Å². The van der Waals surface area contributed by atoms with E-state index in [0.717, 1.165) is 43.4 Å². The Labute approximate surface area is 233 Å². The molecule has 0 aromatic heterocycles. The maximum absolute atomic E-state index is 13.0. The molecule has 3 heteroatoms. The number of esters is 1. The van der Waals surface area contributed by atoms with E-state index in [9.17, 15) is 4.79 Å². The average molecular weight is 523 g/mol. The van der Waals surface area contributed by atoms with Crippen LogP contribution in [0.4, 0.5) is 0 Å².